The van der Waals surface area contributed by atoms with E-state index in [1.165, 1.54) is 17.3 Å². The van der Waals surface area contributed by atoms with Crippen LogP contribution in [-0.4, -0.2) is 31.1 Å². The Hall–Kier alpha value is -2.51. The highest BCUT2D eigenvalue weighted by Crippen LogP contribution is 2.24. The molecule has 0 spiro atoms. The Bertz CT molecular complexity index is 933. The van der Waals surface area contributed by atoms with Gasteiger partial charge in [0.1, 0.15) is 5.25 Å². The van der Waals surface area contributed by atoms with Crippen molar-refractivity contribution >= 4 is 35.0 Å². The van der Waals surface area contributed by atoms with Crippen molar-refractivity contribution in [2.45, 2.75) is 36.8 Å². The summed E-state index contributed by atoms with van der Waals surface area (Å²) in [6.45, 7) is 2.77. The fourth-order valence-electron chi connectivity index (χ4n) is 2.64. The lowest BCUT2D eigenvalue weighted by Crippen LogP contribution is -2.15. The van der Waals surface area contributed by atoms with Crippen LogP contribution in [0.4, 0.5) is 5.69 Å². The van der Waals surface area contributed by atoms with Gasteiger partial charge in [-0.2, -0.15) is 0 Å². The highest BCUT2D eigenvalue weighted by molar-refractivity contribution is 8.00. The Morgan fingerprint density at radius 3 is 2.71 bits per heavy atom. The smallest absolute Gasteiger partial charge is 0.316 e. The fraction of sp³-hybridized carbons (Fsp3) is 0.250. The third-order valence-corrected chi connectivity index (χ3v) is 5.47. The molecule has 0 saturated carbocycles. The van der Waals surface area contributed by atoms with Crippen molar-refractivity contribution in [2.24, 2.45) is 0 Å². The monoisotopic (exact) mass is 416 g/mol. The third kappa shape index (κ3) is 5.50. The van der Waals surface area contributed by atoms with Gasteiger partial charge in [-0.1, -0.05) is 59.8 Å². The third-order valence-electron chi connectivity index (χ3n) is 4.17. The lowest BCUT2D eigenvalue weighted by Gasteiger charge is -2.13. The summed E-state index contributed by atoms with van der Waals surface area (Å²) in [5.74, 6) is -0.128. The fourth-order valence-corrected chi connectivity index (χ4v) is 3.65. The second kappa shape index (κ2) is 9.61. The van der Waals surface area contributed by atoms with Crippen LogP contribution in [0.25, 0.3) is 0 Å². The molecule has 28 heavy (non-hydrogen) atoms. The largest absolute Gasteiger partial charge is 0.480 e. The summed E-state index contributed by atoms with van der Waals surface area (Å²) in [7, 11) is 0. The molecule has 1 heterocycles. The molecule has 3 aromatic rings. The molecule has 0 radical (unpaired) electrons. The number of hydrogen-bond acceptors (Lipinski definition) is 5. The Kier molecular flexibility index (Phi) is 6.95. The van der Waals surface area contributed by atoms with E-state index in [2.05, 4.69) is 27.6 Å². The van der Waals surface area contributed by atoms with Gasteiger partial charge < -0.3 is 15.0 Å². The topological polar surface area (TPSA) is 80.0 Å². The number of carbonyl (C=O) groups is 1. The lowest BCUT2D eigenvalue weighted by molar-refractivity contribution is -0.136. The molecule has 0 aliphatic heterocycles. The van der Waals surface area contributed by atoms with Crippen LogP contribution >= 0.6 is 23.4 Å². The molecule has 0 aliphatic carbocycles. The zero-order valence-corrected chi connectivity index (χ0v) is 17.0. The van der Waals surface area contributed by atoms with E-state index in [1.54, 1.807) is 6.92 Å². The van der Waals surface area contributed by atoms with Crippen molar-refractivity contribution in [1.82, 2.24) is 14.8 Å². The van der Waals surface area contributed by atoms with Crippen LogP contribution in [0.2, 0.25) is 5.02 Å². The lowest BCUT2D eigenvalue weighted by atomic mass is 10.1. The van der Waals surface area contributed by atoms with Gasteiger partial charge in [-0.3, -0.25) is 4.79 Å². The summed E-state index contributed by atoms with van der Waals surface area (Å²) in [5.41, 5.74) is 2.09. The van der Waals surface area contributed by atoms with E-state index in [0.717, 1.165) is 17.9 Å². The standard InChI is InChI=1S/C20H21ClN4O2S/c1-14(19(26)27)28-20-24-23-18(13-22-17-9-5-8-16(21)12-17)25(20)11-10-15-6-3-2-4-7-15/h2-9,12,14,22H,10-11,13H2,1H3,(H,26,27)/t14-/m1/s1. The van der Waals surface area contributed by atoms with Gasteiger partial charge in [0.15, 0.2) is 11.0 Å². The number of carboxylic acid groups (broad SMARTS) is 1. The van der Waals surface area contributed by atoms with Crippen molar-refractivity contribution in [1.29, 1.82) is 0 Å². The Morgan fingerprint density at radius 1 is 1.21 bits per heavy atom. The molecule has 1 aromatic heterocycles. The number of benzene rings is 2. The van der Waals surface area contributed by atoms with Gasteiger partial charge in [-0.05, 0) is 37.1 Å². The van der Waals surface area contributed by atoms with Gasteiger partial charge in [0.05, 0.1) is 6.54 Å². The van der Waals surface area contributed by atoms with Gasteiger partial charge in [-0.15, -0.1) is 10.2 Å². The number of aliphatic carboxylic acids is 1. The first kappa shape index (κ1) is 20.2. The summed E-state index contributed by atoms with van der Waals surface area (Å²) in [5, 5.41) is 21.7. The van der Waals surface area contributed by atoms with Crippen LogP contribution in [0, 0.1) is 0 Å². The first-order valence-corrected chi connectivity index (χ1v) is 10.1. The molecule has 3 rings (SSSR count). The molecule has 6 nitrogen and oxygen atoms in total. The maximum absolute atomic E-state index is 11.2. The van der Waals surface area contributed by atoms with Crippen molar-refractivity contribution in [2.75, 3.05) is 5.32 Å². The molecule has 2 N–H and O–H groups in total. The maximum atomic E-state index is 11.2. The van der Waals surface area contributed by atoms with E-state index in [-0.39, 0.29) is 0 Å². The maximum Gasteiger partial charge on any atom is 0.316 e. The van der Waals surface area contributed by atoms with Gasteiger partial charge in [0, 0.05) is 17.3 Å². The highest BCUT2D eigenvalue weighted by Gasteiger charge is 2.19. The molecule has 2 aromatic carbocycles. The number of thioether (sulfide) groups is 1. The van der Waals surface area contributed by atoms with Crippen molar-refractivity contribution in [3.05, 3.63) is 71.0 Å². The highest BCUT2D eigenvalue weighted by atomic mass is 35.5. The number of aryl methyl sites for hydroxylation is 1. The van der Waals surface area contributed by atoms with Gasteiger partial charge in [0.2, 0.25) is 0 Å². The van der Waals surface area contributed by atoms with Crippen LogP contribution in [0.1, 0.15) is 18.3 Å². The van der Waals surface area contributed by atoms with Crippen molar-refractivity contribution in [3.8, 4) is 0 Å². The second-order valence-corrected chi connectivity index (χ2v) is 7.99. The summed E-state index contributed by atoms with van der Waals surface area (Å²) in [6, 6.07) is 17.6. The number of nitrogens with zero attached hydrogens (tertiary/aromatic N) is 3. The minimum absolute atomic E-state index is 0.462. The predicted molar refractivity (Wildman–Crippen MR) is 112 cm³/mol. The predicted octanol–water partition coefficient (Wildman–Crippen LogP) is 4.35. The summed E-state index contributed by atoms with van der Waals surface area (Å²) >= 11 is 7.23. The molecule has 0 amide bonds. The zero-order valence-electron chi connectivity index (χ0n) is 15.4. The van der Waals surface area contributed by atoms with E-state index in [9.17, 15) is 9.90 Å². The number of anilines is 1. The van der Waals surface area contributed by atoms with Crippen molar-refractivity contribution in [3.63, 3.8) is 0 Å². The normalized spacial score (nSPS) is 11.9. The molecule has 1 atom stereocenters. The van der Waals surface area contributed by atoms with Crippen LogP contribution in [-0.2, 0) is 24.3 Å². The average molecular weight is 417 g/mol. The first-order valence-electron chi connectivity index (χ1n) is 8.88. The molecular weight excluding hydrogens is 396 g/mol. The van der Waals surface area contributed by atoms with Crippen molar-refractivity contribution < 1.29 is 9.90 Å². The first-order chi connectivity index (χ1) is 13.5. The molecule has 0 aliphatic rings. The molecule has 0 saturated heterocycles. The summed E-state index contributed by atoms with van der Waals surface area (Å²) in [6.07, 6.45) is 0.804. The Balaban J connectivity index is 1.77. The summed E-state index contributed by atoms with van der Waals surface area (Å²) < 4.78 is 1.98. The number of carboxylic acids is 1. The molecular formula is C20H21ClN4O2S. The number of rotatable bonds is 9. The summed E-state index contributed by atoms with van der Waals surface area (Å²) in [4.78, 5) is 11.2. The van der Waals surface area contributed by atoms with Crippen LogP contribution in [0.5, 0.6) is 0 Å². The number of aromatic nitrogens is 3. The molecule has 8 heteroatoms. The van der Waals surface area contributed by atoms with Crippen LogP contribution in [0.3, 0.4) is 0 Å². The molecule has 0 fully saturated rings. The van der Waals surface area contributed by atoms with Crippen LogP contribution in [0.15, 0.2) is 59.8 Å². The van der Waals surface area contributed by atoms with Gasteiger partial charge in [-0.25, -0.2) is 0 Å². The van der Waals surface area contributed by atoms with E-state index in [0.29, 0.717) is 23.3 Å². The Morgan fingerprint density at radius 2 is 2.00 bits per heavy atom. The second-order valence-electron chi connectivity index (χ2n) is 6.25. The zero-order chi connectivity index (χ0) is 19.9. The van der Waals surface area contributed by atoms with E-state index in [1.807, 2.05) is 47.0 Å². The van der Waals surface area contributed by atoms with E-state index < -0.39 is 11.2 Å². The average Bonchev–Trinajstić information content (AvgIpc) is 3.07. The van der Waals surface area contributed by atoms with Crippen LogP contribution < -0.4 is 5.32 Å². The molecule has 0 bridgehead atoms. The number of halogens is 1. The number of nitrogens with one attached hydrogen (secondary N) is 1. The quantitative estimate of drug-likeness (QED) is 0.505. The van der Waals surface area contributed by atoms with E-state index >= 15 is 0 Å². The number of hydrogen-bond donors (Lipinski definition) is 2. The molecule has 146 valence electrons. The Labute approximate surface area is 172 Å². The minimum Gasteiger partial charge on any atom is -0.480 e. The van der Waals surface area contributed by atoms with E-state index in [4.69, 9.17) is 11.6 Å². The molecule has 0 unspecified atom stereocenters. The minimum atomic E-state index is -0.874. The van der Waals surface area contributed by atoms with Gasteiger partial charge >= 0.3 is 5.97 Å². The van der Waals surface area contributed by atoms with Gasteiger partial charge in [0.25, 0.3) is 0 Å². The SMILES string of the molecule is C[C@@H](Sc1nnc(CNc2cccc(Cl)c2)n1CCc1ccccc1)C(=O)O.